The van der Waals surface area contributed by atoms with Gasteiger partial charge in [-0.1, -0.05) is 0 Å². The van der Waals surface area contributed by atoms with Crippen molar-refractivity contribution in [1.82, 2.24) is 14.7 Å². The van der Waals surface area contributed by atoms with Crippen LogP contribution in [-0.2, 0) is 14.8 Å². The zero-order valence-corrected chi connectivity index (χ0v) is 11.4. The molecule has 1 aromatic heterocycles. The van der Waals surface area contributed by atoms with Gasteiger partial charge in [0.25, 0.3) is 0 Å². The minimum absolute atomic E-state index is 0.0506. The summed E-state index contributed by atoms with van der Waals surface area (Å²) in [5.74, 6) is -0.602. The Morgan fingerprint density at radius 2 is 1.94 bits per heavy atom. The molecule has 0 aliphatic heterocycles. The molecule has 1 amide bonds. The fourth-order valence-electron chi connectivity index (χ4n) is 1.33. The molecule has 1 heterocycles. The van der Waals surface area contributed by atoms with E-state index in [4.69, 9.17) is 17.3 Å². The Morgan fingerprint density at radius 1 is 1.44 bits per heavy atom. The second kappa shape index (κ2) is 5.17. The summed E-state index contributed by atoms with van der Waals surface area (Å²) in [4.78, 5) is 17.9. The lowest BCUT2D eigenvalue weighted by molar-refractivity contribution is -0.119. The summed E-state index contributed by atoms with van der Waals surface area (Å²) in [5, 5.41) is -0.0506. The Balaban J connectivity index is 2.95. The Bertz CT molecular complexity index is 541. The summed E-state index contributed by atoms with van der Waals surface area (Å²) in [6, 6.07) is 0. The molecule has 100 valence electrons. The molecule has 0 radical (unpaired) electrons. The molecule has 18 heavy (non-hydrogen) atoms. The van der Waals surface area contributed by atoms with Crippen molar-refractivity contribution >= 4 is 27.5 Å². The van der Waals surface area contributed by atoms with Gasteiger partial charge < -0.3 is 5.73 Å². The molecule has 0 bridgehead atoms. The van der Waals surface area contributed by atoms with Gasteiger partial charge in [0.1, 0.15) is 4.90 Å². The van der Waals surface area contributed by atoms with Gasteiger partial charge >= 0.3 is 0 Å². The lowest BCUT2D eigenvalue weighted by atomic mass is 10.0. The number of sulfonamides is 1. The molecule has 9 heteroatoms. The number of hydrogen-bond acceptors (Lipinski definition) is 5. The second-order valence-corrected chi connectivity index (χ2v) is 6.34. The average molecular weight is 293 g/mol. The van der Waals surface area contributed by atoms with Crippen molar-refractivity contribution in [1.29, 1.82) is 0 Å². The second-order valence-electron chi connectivity index (χ2n) is 4.32. The highest BCUT2D eigenvalue weighted by Gasteiger charge is 2.28. The van der Waals surface area contributed by atoms with E-state index in [1.54, 1.807) is 13.8 Å². The zero-order valence-electron chi connectivity index (χ0n) is 9.84. The van der Waals surface area contributed by atoms with Crippen LogP contribution in [0.1, 0.15) is 20.3 Å². The van der Waals surface area contributed by atoms with Crippen LogP contribution in [0.5, 0.6) is 0 Å². The van der Waals surface area contributed by atoms with Crippen LogP contribution in [0.25, 0.3) is 0 Å². The minimum Gasteiger partial charge on any atom is -0.370 e. The normalized spacial score (nSPS) is 12.4. The van der Waals surface area contributed by atoms with Gasteiger partial charge in [-0.25, -0.2) is 23.1 Å². The first kappa shape index (κ1) is 14.8. The molecular formula is C9H13ClN4O3S. The number of nitrogens with one attached hydrogen (secondary N) is 1. The molecule has 0 spiro atoms. The molecule has 0 unspecified atom stereocenters. The van der Waals surface area contributed by atoms with Gasteiger partial charge in [0, 0.05) is 12.0 Å². The van der Waals surface area contributed by atoms with E-state index in [9.17, 15) is 13.2 Å². The van der Waals surface area contributed by atoms with Crippen LogP contribution in [0.4, 0.5) is 0 Å². The quantitative estimate of drug-likeness (QED) is 0.745. The summed E-state index contributed by atoms with van der Waals surface area (Å²) in [7, 11) is -3.82. The van der Waals surface area contributed by atoms with Gasteiger partial charge in [-0.3, -0.25) is 4.79 Å². The van der Waals surface area contributed by atoms with Gasteiger partial charge in [-0.05, 0) is 25.4 Å². The highest BCUT2D eigenvalue weighted by atomic mass is 35.5. The van der Waals surface area contributed by atoms with E-state index in [1.807, 2.05) is 0 Å². The third-order valence-electron chi connectivity index (χ3n) is 1.93. The van der Waals surface area contributed by atoms with Crippen LogP contribution in [0.15, 0.2) is 17.3 Å². The molecule has 0 atom stereocenters. The van der Waals surface area contributed by atoms with Crippen LogP contribution in [0.3, 0.4) is 0 Å². The van der Waals surface area contributed by atoms with Crippen LogP contribution >= 0.6 is 11.6 Å². The average Bonchev–Trinajstić information content (AvgIpc) is 2.13. The van der Waals surface area contributed by atoms with E-state index in [0.29, 0.717) is 0 Å². The Hall–Kier alpha value is -1.25. The van der Waals surface area contributed by atoms with E-state index in [0.717, 1.165) is 12.4 Å². The van der Waals surface area contributed by atoms with Crippen LogP contribution in [0, 0.1) is 0 Å². The van der Waals surface area contributed by atoms with Crippen LogP contribution < -0.4 is 10.5 Å². The molecule has 3 N–H and O–H groups in total. The van der Waals surface area contributed by atoms with Gasteiger partial charge in [0.2, 0.25) is 21.2 Å². The summed E-state index contributed by atoms with van der Waals surface area (Å²) in [6.45, 7) is 3.10. The summed E-state index contributed by atoms with van der Waals surface area (Å²) in [5.41, 5.74) is 4.04. The summed E-state index contributed by atoms with van der Waals surface area (Å²) in [6.07, 6.45) is 2.04. The van der Waals surface area contributed by atoms with Gasteiger partial charge in [0.05, 0.1) is 12.4 Å². The molecular weight excluding hydrogens is 280 g/mol. The standard InChI is InChI=1S/C9H13ClN4O3S/c1-9(2,3-7(11)15)14-18(16,17)6-4-12-8(10)13-5-6/h4-5,14H,3H2,1-2H3,(H2,11,15). The number of rotatable bonds is 5. The number of aromatic nitrogens is 2. The SMILES string of the molecule is CC(C)(CC(N)=O)NS(=O)(=O)c1cnc(Cl)nc1. The summed E-state index contributed by atoms with van der Waals surface area (Å²) >= 11 is 5.47. The third-order valence-corrected chi connectivity index (χ3v) is 3.78. The number of primary amides is 1. The number of amides is 1. The van der Waals surface area contributed by atoms with Crippen LogP contribution in [-0.4, -0.2) is 29.8 Å². The third kappa shape index (κ3) is 4.21. The minimum atomic E-state index is -3.82. The van der Waals surface area contributed by atoms with Crippen molar-refractivity contribution in [3.05, 3.63) is 17.7 Å². The van der Waals surface area contributed by atoms with E-state index in [2.05, 4.69) is 14.7 Å². The Labute approximate surface area is 110 Å². The largest absolute Gasteiger partial charge is 0.370 e. The number of nitrogens with two attached hydrogens (primary N) is 1. The van der Waals surface area contributed by atoms with Crippen molar-refractivity contribution in [3.8, 4) is 0 Å². The fourth-order valence-corrected chi connectivity index (χ4v) is 2.73. The summed E-state index contributed by atoms with van der Waals surface area (Å²) < 4.78 is 26.3. The maximum Gasteiger partial charge on any atom is 0.244 e. The predicted molar refractivity (Wildman–Crippen MR) is 65.3 cm³/mol. The van der Waals surface area contributed by atoms with E-state index in [1.165, 1.54) is 0 Å². The van der Waals surface area contributed by atoms with Crippen molar-refractivity contribution in [2.24, 2.45) is 5.73 Å². The number of halogens is 1. The van der Waals surface area contributed by atoms with E-state index in [-0.39, 0.29) is 16.6 Å². The number of hydrogen-bond donors (Lipinski definition) is 2. The van der Waals surface area contributed by atoms with Gasteiger partial charge in [-0.15, -0.1) is 0 Å². The number of carbonyl (C=O) groups is 1. The lowest BCUT2D eigenvalue weighted by Crippen LogP contribution is -2.45. The molecule has 0 aliphatic rings. The molecule has 1 aromatic rings. The highest BCUT2D eigenvalue weighted by molar-refractivity contribution is 7.89. The van der Waals surface area contributed by atoms with Crippen molar-refractivity contribution in [2.45, 2.75) is 30.7 Å². The molecule has 1 rings (SSSR count). The van der Waals surface area contributed by atoms with Crippen molar-refractivity contribution < 1.29 is 13.2 Å². The topological polar surface area (TPSA) is 115 Å². The molecule has 0 aromatic carbocycles. The van der Waals surface area contributed by atoms with Gasteiger partial charge in [0.15, 0.2) is 0 Å². The monoisotopic (exact) mass is 292 g/mol. The van der Waals surface area contributed by atoms with E-state index < -0.39 is 21.5 Å². The maximum absolute atomic E-state index is 12.0. The van der Waals surface area contributed by atoms with Crippen LogP contribution in [0.2, 0.25) is 5.28 Å². The smallest absolute Gasteiger partial charge is 0.244 e. The molecule has 7 nitrogen and oxygen atoms in total. The first-order valence-electron chi connectivity index (χ1n) is 4.92. The number of nitrogens with zero attached hydrogens (tertiary/aromatic N) is 2. The Kier molecular flexibility index (Phi) is 4.25. The lowest BCUT2D eigenvalue weighted by Gasteiger charge is -2.24. The van der Waals surface area contributed by atoms with Crippen molar-refractivity contribution in [2.75, 3.05) is 0 Å². The predicted octanol–water partition coefficient (Wildman–Crippen LogP) is 0.0623. The first-order chi connectivity index (χ1) is 8.12. The maximum atomic E-state index is 12.0. The fraction of sp³-hybridized carbons (Fsp3) is 0.444. The Morgan fingerprint density at radius 3 is 2.39 bits per heavy atom. The molecule has 0 saturated heterocycles. The molecule has 0 aliphatic carbocycles. The molecule has 0 saturated carbocycles. The van der Waals surface area contributed by atoms with Gasteiger partial charge in [-0.2, -0.15) is 0 Å². The zero-order chi connectivity index (χ0) is 14.0. The van der Waals surface area contributed by atoms with E-state index >= 15 is 0 Å². The van der Waals surface area contributed by atoms with Crippen molar-refractivity contribution in [3.63, 3.8) is 0 Å². The first-order valence-corrected chi connectivity index (χ1v) is 6.78. The molecule has 0 fully saturated rings. The number of carbonyl (C=O) groups excluding carboxylic acids is 1. The highest BCUT2D eigenvalue weighted by Crippen LogP contribution is 2.14.